The van der Waals surface area contributed by atoms with Gasteiger partial charge in [0, 0.05) is 12.0 Å². The van der Waals surface area contributed by atoms with Crippen molar-refractivity contribution in [3.05, 3.63) is 11.3 Å². The van der Waals surface area contributed by atoms with Crippen LogP contribution in [-0.4, -0.2) is 16.2 Å². The zero-order chi connectivity index (χ0) is 11.5. The quantitative estimate of drug-likeness (QED) is 0.815. The molecule has 16 heavy (non-hydrogen) atoms. The number of hydrogen-bond donors (Lipinski definition) is 2. The van der Waals surface area contributed by atoms with E-state index < -0.39 is 5.97 Å². The molecule has 88 valence electrons. The Labute approximate surface area is 93.6 Å². The van der Waals surface area contributed by atoms with E-state index in [1.807, 2.05) is 0 Å². The van der Waals surface area contributed by atoms with E-state index in [9.17, 15) is 4.79 Å². The van der Waals surface area contributed by atoms with Crippen LogP contribution in [0.1, 0.15) is 49.3 Å². The second kappa shape index (κ2) is 4.55. The summed E-state index contributed by atoms with van der Waals surface area (Å²) in [4.78, 5) is 10.5. The number of hydrogen-bond acceptors (Lipinski definition) is 4. The van der Waals surface area contributed by atoms with Gasteiger partial charge >= 0.3 is 5.97 Å². The summed E-state index contributed by atoms with van der Waals surface area (Å²) in [5, 5.41) is 12.5. The number of carbonyl (C=O) groups is 1. The minimum Gasteiger partial charge on any atom is -0.481 e. The van der Waals surface area contributed by atoms with Gasteiger partial charge in [0.15, 0.2) is 0 Å². The molecule has 1 heterocycles. The van der Waals surface area contributed by atoms with Crippen molar-refractivity contribution in [3.63, 3.8) is 0 Å². The highest BCUT2D eigenvalue weighted by Crippen LogP contribution is 2.38. The van der Waals surface area contributed by atoms with Gasteiger partial charge in [-0.15, -0.1) is 0 Å². The molecule has 2 rings (SSSR count). The van der Waals surface area contributed by atoms with Crippen molar-refractivity contribution in [2.24, 2.45) is 0 Å². The first-order valence-corrected chi connectivity index (χ1v) is 5.64. The van der Waals surface area contributed by atoms with E-state index in [-0.39, 0.29) is 6.42 Å². The number of aliphatic carboxylic acids is 1. The van der Waals surface area contributed by atoms with Crippen LogP contribution in [0, 0.1) is 0 Å². The summed E-state index contributed by atoms with van der Waals surface area (Å²) >= 11 is 0. The Kier molecular flexibility index (Phi) is 3.12. The van der Waals surface area contributed by atoms with Crippen molar-refractivity contribution in [1.82, 2.24) is 5.16 Å². The standard InChI is InChI=1S/C11H16N2O3/c12-11-10(7-3-1-2-4-7)8(13-16-11)5-6-9(14)15/h7H,1-6,12H2,(H,14,15). The summed E-state index contributed by atoms with van der Waals surface area (Å²) in [6.07, 6.45) is 5.09. The molecule has 0 atom stereocenters. The number of carboxylic acid groups (broad SMARTS) is 1. The normalized spacial score (nSPS) is 16.8. The Morgan fingerprint density at radius 1 is 1.50 bits per heavy atom. The molecule has 0 aliphatic heterocycles. The average Bonchev–Trinajstić information content (AvgIpc) is 2.83. The van der Waals surface area contributed by atoms with Gasteiger partial charge in [0.25, 0.3) is 0 Å². The highest BCUT2D eigenvalue weighted by Gasteiger charge is 2.26. The number of aryl methyl sites for hydroxylation is 1. The Morgan fingerprint density at radius 2 is 2.19 bits per heavy atom. The van der Waals surface area contributed by atoms with Crippen LogP contribution in [0.15, 0.2) is 4.52 Å². The Balaban J connectivity index is 2.14. The minimum atomic E-state index is -0.820. The first-order chi connectivity index (χ1) is 7.68. The summed E-state index contributed by atoms with van der Waals surface area (Å²) in [6.45, 7) is 0. The molecule has 0 spiro atoms. The van der Waals surface area contributed by atoms with Gasteiger partial charge in [0.2, 0.25) is 5.88 Å². The Bertz CT molecular complexity index is 381. The molecule has 0 amide bonds. The minimum absolute atomic E-state index is 0.0751. The maximum atomic E-state index is 10.5. The second-order valence-electron chi connectivity index (χ2n) is 4.28. The maximum Gasteiger partial charge on any atom is 0.303 e. The SMILES string of the molecule is Nc1onc(CCC(=O)O)c1C1CCCC1. The molecule has 1 aromatic rings. The molecule has 1 aromatic heterocycles. The number of carboxylic acids is 1. The van der Waals surface area contributed by atoms with E-state index in [1.165, 1.54) is 12.8 Å². The monoisotopic (exact) mass is 224 g/mol. The zero-order valence-electron chi connectivity index (χ0n) is 9.11. The number of aromatic nitrogens is 1. The van der Waals surface area contributed by atoms with E-state index in [2.05, 4.69) is 5.16 Å². The van der Waals surface area contributed by atoms with Crippen LogP contribution in [0.4, 0.5) is 5.88 Å². The Morgan fingerprint density at radius 3 is 2.81 bits per heavy atom. The van der Waals surface area contributed by atoms with Crippen molar-refractivity contribution < 1.29 is 14.4 Å². The van der Waals surface area contributed by atoms with E-state index >= 15 is 0 Å². The van der Waals surface area contributed by atoms with Crippen LogP contribution < -0.4 is 5.73 Å². The lowest BCUT2D eigenvalue weighted by Gasteiger charge is -2.08. The van der Waals surface area contributed by atoms with E-state index in [0.29, 0.717) is 18.2 Å². The molecule has 1 aliphatic carbocycles. The van der Waals surface area contributed by atoms with Gasteiger partial charge in [0.05, 0.1) is 12.1 Å². The van der Waals surface area contributed by atoms with Crippen molar-refractivity contribution in [1.29, 1.82) is 0 Å². The lowest BCUT2D eigenvalue weighted by Crippen LogP contribution is -2.03. The average molecular weight is 224 g/mol. The number of nitrogen functional groups attached to an aromatic ring is 1. The lowest BCUT2D eigenvalue weighted by molar-refractivity contribution is -0.136. The molecule has 1 saturated carbocycles. The smallest absolute Gasteiger partial charge is 0.303 e. The predicted octanol–water partition coefficient (Wildman–Crippen LogP) is 1.93. The van der Waals surface area contributed by atoms with Gasteiger partial charge in [-0.2, -0.15) is 0 Å². The van der Waals surface area contributed by atoms with Gasteiger partial charge in [0.1, 0.15) is 0 Å². The molecule has 0 radical (unpaired) electrons. The van der Waals surface area contributed by atoms with Gasteiger partial charge < -0.3 is 15.4 Å². The molecule has 5 heteroatoms. The summed E-state index contributed by atoms with van der Waals surface area (Å²) in [7, 11) is 0. The summed E-state index contributed by atoms with van der Waals surface area (Å²) < 4.78 is 4.98. The van der Waals surface area contributed by atoms with Crippen LogP contribution in [0.3, 0.4) is 0 Å². The molecule has 0 bridgehead atoms. The summed E-state index contributed by atoms with van der Waals surface area (Å²) in [5.74, 6) is -0.0405. The van der Waals surface area contributed by atoms with Crippen molar-refractivity contribution in [3.8, 4) is 0 Å². The molecular formula is C11H16N2O3. The van der Waals surface area contributed by atoms with Crippen LogP contribution in [0.5, 0.6) is 0 Å². The van der Waals surface area contributed by atoms with E-state index in [0.717, 1.165) is 24.1 Å². The molecular weight excluding hydrogens is 208 g/mol. The maximum absolute atomic E-state index is 10.5. The van der Waals surface area contributed by atoms with E-state index in [1.54, 1.807) is 0 Å². The van der Waals surface area contributed by atoms with Crippen LogP contribution in [0.2, 0.25) is 0 Å². The lowest BCUT2D eigenvalue weighted by atomic mass is 9.95. The molecule has 0 unspecified atom stereocenters. The van der Waals surface area contributed by atoms with Crippen molar-refractivity contribution in [2.45, 2.75) is 44.4 Å². The number of nitrogens with zero attached hydrogens (tertiary/aromatic N) is 1. The molecule has 1 fully saturated rings. The van der Waals surface area contributed by atoms with Crippen molar-refractivity contribution in [2.75, 3.05) is 5.73 Å². The molecule has 3 N–H and O–H groups in total. The molecule has 5 nitrogen and oxygen atoms in total. The van der Waals surface area contributed by atoms with Crippen LogP contribution in [0.25, 0.3) is 0 Å². The highest BCUT2D eigenvalue weighted by atomic mass is 16.5. The number of nitrogens with two attached hydrogens (primary N) is 1. The molecule has 0 saturated heterocycles. The first-order valence-electron chi connectivity index (χ1n) is 5.64. The highest BCUT2D eigenvalue weighted by molar-refractivity contribution is 5.67. The third kappa shape index (κ3) is 2.18. The first kappa shape index (κ1) is 11.0. The third-order valence-electron chi connectivity index (χ3n) is 3.17. The number of anilines is 1. The van der Waals surface area contributed by atoms with Crippen LogP contribution >= 0.6 is 0 Å². The van der Waals surface area contributed by atoms with E-state index in [4.69, 9.17) is 15.4 Å². The fourth-order valence-electron chi connectivity index (χ4n) is 2.40. The third-order valence-corrected chi connectivity index (χ3v) is 3.17. The number of rotatable bonds is 4. The fourth-order valence-corrected chi connectivity index (χ4v) is 2.40. The topological polar surface area (TPSA) is 89.4 Å². The van der Waals surface area contributed by atoms with Gasteiger partial charge in [-0.05, 0) is 18.8 Å². The molecule has 1 aliphatic rings. The summed E-state index contributed by atoms with van der Waals surface area (Å²) in [5.41, 5.74) is 7.44. The predicted molar refractivity (Wildman–Crippen MR) is 58.1 cm³/mol. The molecule has 0 aromatic carbocycles. The largest absolute Gasteiger partial charge is 0.481 e. The zero-order valence-corrected chi connectivity index (χ0v) is 9.11. The van der Waals surface area contributed by atoms with Crippen LogP contribution in [-0.2, 0) is 11.2 Å². The second-order valence-corrected chi connectivity index (χ2v) is 4.28. The fraction of sp³-hybridized carbons (Fsp3) is 0.636. The Hall–Kier alpha value is -1.52. The summed E-state index contributed by atoms with van der Waals surface area (Å²) in [6, 6.07) is 0. The van der Waals surface area contributed by atoms with Gasteiger partial charge in [-0.3, -0.25) is 4.79 Å². The van der Waals surface area contributed by atoms with Crippen molar-refractivity contribution >= 4 is 11.9 Å². The van der Waals surface area contributed by atoms with Gasteiger partial charge in [-0.1, -0.05) is 18.0 Å². The van der Waals surface area contributed by atoms with Gasteiger partial charge in [-0.25, -0.2) is 0 Å².